The number of aromatic nitrogens is 2. The number of aryl methyl sites for hydroxylation is 1. The Morgan fingerprint density at radius 3 is 2.36 bits per heavy atom. The molecule has 0 fully saturated rings. The van der Waals surface area contributed by atoms with E-state index in [4.69, 9.17) is 0 Å². The van der Waals surface area contributed by atoms with Crippen LogP contribution in [-0.2, 0) is 4.79 Å². The molecule has 2 amide bonds. The van der Waals surface area contributed by atoms with Crippen LogP contribution >= 0.6 is 0 Å². The third-order valence-corrected chi connectivity index (χ3v) is 3.48. The Labute approximate surface area is 145 Å². The Kier molecular flexibility index (Phi) is 6.76. The predicted octanol–water partition coefficient (Wildman–Crippen LogP) is 1.29. The third-order valence-electron chi connectivity index (χ3n) is 3.48. The normalized spacial score (nSPS) is 10.1. The van der Waals surface area contributed by atoms with Crippen LogP contribution in [0.25, 0.3) is 0 Å². The average Bonchev–Trinajstić information content (AvgIpc) is 2.64. The summed E-state index contributed by atoms with van der Waals surface area (Å²) in [6.45, 7) is 2.50. The summed E-state index contributed by atoms with van der Waals surface area (Å²) in [7, 11) is 0. The minimum Gasteiger partial charge on any atom is -0.354 e. The molecule has 1 heterocycles. The van der Waals surface area contributed by atoms with Gasteiger partial charge >= 0.3 is 0 Å². The maximum absolute atomic E-state index is 12.0. The minimum atomic E-state index is -0.350. The number of amides is 2. The van der Waals surface area contributed by atoms with Crippen molar-refractivity contribution >= 4 is 17.6 Å². The summed E-state index contributed by atoms with van der Waals surface area (Å²) < 4.78 is 0. The fourth-order valence-corrected chi connectivity index (χ4v) is 2.08. The number of nitrogens with one attached hydrogen (secondary N) is 2. The van der Waals surface area contributed by atoms with Crippen molar-refractivity contribution in [1.29, 1.82) is 0 Å². The zero-order valence-corrected chi connectivity index (χ0v) is 14.0. The molecule has 0 aliphatic carbocycles. The molecule has 0 atom stereocenters. The Balaban J connectivity index is 1.63. The van der Waals surface area contributed by atoms with E-state index in [2.05, 4.69) is 20.6 Å². The topological polar surface area (TPSA) is 101 Å². The lowest BCUT2D eigenvalue weighted by molar-refractivity contribution is -0.121. The number of carbonyl (C=O) groups is 3. The Hall–Kier alpha value is -3.09. The molecule has 7 nitrogen and oxygen atoms in total. The van der Waals surface area contributed by atoms with E-state index in [0.717, 1.165) is 5.56 Å². The summed E-state index contributed by atoms with van der Waals surface area (Å²) in [6, 6.07) is 7.26. The summed E-state index contributed by atoms with van der Waals surface area (Å²) >= 11 is 0. The molecule has 130 valence electrons. The third kappa shape index (κ3) is 6.14. The minimum absolute atomic E-state index is 0.0638. The molecule has 25 heavy (non-hydrogen) atoms. The number of carbonyl (C=O) groups excluding carboxylic acids is 3. The highest BCUT2D eigenvalue weighted by molar-refractivity contribution is 5.98. The number of nitrogens with zero attached hydrogens (tertiary/aromatic N) is 2. The van der Waals surface area contributed by atoms with E-state index in [1.54, 1.807) is 12.1 Å². The first-order valence-electron chi connectivity index (χ1n) is 7.97. The summed E-state index contributed by atoms with van der Waals surface area (Å²) in [4.78, 5) is 43.1. The van der Waals surface area contributed by atoms with Gasteiger partial charge in [-0.15, -0.1) is 0 Å². The van der Waals surface area contributed by atoms with E-state index in [-0.39, 0.29) is 49.2 Å². The van der Waals surface area contributed by atoms with Crippen LogP contribution in [0.4, 0.5) is 0 Å². The number of hydrogen-bond acceptors (Lipinski definition) is 5. The fourth-order valence-electron chi connectivity index (χ4n) is 2.08. The van der Waals surface area contributed by atoms with Crippen LogP contribution in [0.3, 0.4) is 0 Å². The van der Waals surface area contributed by atoms with E-state index in [0.29, 0.717) is 5.56 Å². The highest BCUT2D eigenvalue weighted by atomic mass is 16.2. The maximum Gasteiger partial charge on any atom is 0.271 e. The second kappa shape index (κ2) is 9.27. The molecule has 0 aliphatic heterocycles. The largest absolute Gasteiger partial charge is 0.354 e. The molecule has 0 radical (unpaired) electrons. The van der Waals surface area contributed by atoms with E-state index in [1.807, 2.05) is 19.1 Å². The lowest BCUT2D eigenvalue weighted by Gasteiger charge is -2.07. The standard InChI is InChI=1S/C18H20N4O3/c1-13-2-4-14(5-3-13)16(23)6-7-17(24)21-10-11-22-18(25)15-12-19-8-9-20-15/h2-5,8-9,12H,6-7,10-11H2,1H3,(H,21,24)(H,22,25). The number of benzene rings is 1. The van der Waals surface area contributed by atoms with Gasteiger partial charge in [-0.05, 0) is 6.92 Å². The van der Waals surface area contributed by atoms with Crippen molar-refractivity contribution in [3.05, 3.63) is 59.7 Å². The van der Waals surface area contributed by atoms with Crippen molar-refractivity contribution in [2.45, 2.75) is 19.8 Å². The average molecular weight is 340 g/mol. The van der Waals surface area contributed by atoms with Crippen LogP contribution in [0.2, 0.25) is 0 Å². The van der Waals surface area contributed by atoms with E-state index >= 15 is 0 Å². The summed E-state index contributed by atoms with van der Waals surface area (Å²) in [5, 5.41) is 5.29. The first kappa shape index (κ1) is 18.3. The van der Waals surface area contributed by atoms with E-state index in [1.165, 1.54) is 18.6 Å². The van der Waals surface area contributed by atoms with Gasteiger partial charge in [0.25, 0.3) is 5.91 Å². The molecule has 0 bridgehead atoms. The molecule has 0 saturated carbocycles. The molecule has 2 N–H and O–H groups in total. The number of hydrogen-bond donors (Lipinski definition) is 2. The van der Waals surface area contributed by atoms with Crippen LogP contribution in [0.5, 0.6) is 0 Å². The molecular formula is C18H20N4O3. The smallest absolute Gasteiger partial charge is 0.271 e. The van der Waals surface area contributed by atoms with E-state index in [9.17, 15) is 14.4 Å². The monoisotopic (exact) mass is 340 g/mol. The van der Waals surface area contributed by atoms with Crippen molar-refractivity contribution < 1.29 is 14.4 Å². The maximum atomic E-state index is 12.0. The van der Waals surface area contributed by atoms with Crippen molar-refractivity contribution in [1.82, 2.24) is 20.6 Å². The second-order valence-electron chi connectivity index (χ2n) is 5.49. The molecule has 0 unspecified atom stereocenters. The first-order valence-corrected chi connectivity index (χ1v) is 7.97. The van der Waals surface area contributed by atoms with Crippen molar-refractivity contribution in [3.8, 4) is 0 Å². The van der Waals surface area contributed by atoms with Gasteiger partial charge in [0.2, 0.25) is 5.91 Å². The fraction of sp³-hybridized carbons (Fsp3) is 0.278. The highest BCUT2D eigenvalue weighted by Gasteiger charge is 2.09. The van der Waals surface area contributed by atoms with Crippen LogP contribution in [0.15, 0.2) is 42.9 Å². The lowest BCUT2D eigenvalue weighted by Crippen LogP contribution is -2.35. The van der Waals surface area contributed by atoms with Crippen molar-refractivity contribution in [3.63, 3.8) is 0 Å². The van der Waals surface area contributed by atoms with Gasteiger partial charge in [-0.2, -0.15) is 0 Å². The van der Waals surface area contributed by atoms with Gasteiger partial charge in [0.05, 0.1) is 6.20 Å². The van der Waals surface area contributed by atoms with E-state index < -0.39 is 0 Å². The predicted molar refractivity (Wildman–Crippen MR) is 92.1 cm³/mol. The van der Waals surface area contributed by atoms with Crippen LogP contribution in [-0.4, -0.2) is 40.7 Å². The molecule has 1 aromatic carbocycles. The Bertz CT molecular complexity index is 730. The molecule has 7 heteroatoms. The van der Waals surface area contributed by atoms with Gasteiger partial charge in [-0.3, -0.25) is 19.4 Å². The SMILES string of the molecule is Cc1ccc(C(=O)CCC(=O)NCCNC(=O)c2cnccn2)cc1. The summed E-state index contributed by atoms with van der Waals surface area (Å²) in [6.07, 6.45) is 4.55. The van der Waals surface area contributed by atoms with Crippen LogP contribution in [0, 0.1) is 6.92 Å². The van der Waals surface area contributed by atoms with Gasteiger partial charge in [0, 0.05) is 43.9 Å². The van der Waals surface area contributed by atoms with Gasteiger partial charge in [0.15, 0.2) is 5.78 Å². The zero-order chi connectivity index (χ0) is 18.1. The Morgan fingerprint density at radius 1 is 0.960 bits per heavy atom. The van der Waals surface area contributed by atoms with Gasteiger partial charge < -0.3 is 10.6 Å². The van der Waals surface area contributed by atoms with Crippen LogP contribution in [0.1, 0.15) is 39.3 Å². The summed E-state index contributed by atoms with van der Waals surface area (Å²) in [5.41, 5.74) is 1.91. The quantitative estimate of drug-likeness (QED) is 0.557. The molecule has 2 aromatic rings. The molecule has 0 aliphatic rings. The summed E-state index contributed by atoms with van der Waals surface area (Å²) in [5.74, 6) is -0.641. The first-order chi connectivity index (χ1) is 12.1. The molecular weight excluding hydrogens is 320 g/mol. The molecule has 2 rings (SSSR count). The van der Waals surface area contributed by atoms with Crippen molar-refractivity contribution in [2.24, 2.45) is 0 Å². The number of rotatable bonds is 8. The second-order valence-corrected chi connectivity index (χ2v) is 5.49. The van der Waals surface area contributed by atoms with Gasteiger partial charge in [0.1, 0.15) is 5.69 Å². The Morgan fingerprint density at radius 2 is 1.68 bits per heavy atom. The molecule has 0 saturated heterocycles. The number of Topliss-reactive ketones (excluding diaryl/α,β-unsaturated/α-hetero) is 1. The zero-order valence-electron chi connectivity index (χ0n) is 14.0. The lowest BCUT2D eigenvalue weighted by atomic mass is 10.1. The number of ketones is 1. The molecule has 0 spiro atoms. The van der Waals surface area contributed by atoms with Crippen molar-refractivity contribution in [2.75, 3.05) is 13.1 Å². The van der Waals surface area contributed by atoms with Gasteiger partial charge in [-0.1, -0.05) is 29.8 Å². The molecule has 1 aromatic heterocycles. The van der Waals surface area contributed by atoms with Crippen LogP contribution < -0.4 is 10.6 Å². The highest BCUT2D eigenvalue weighted by Crippen LogP contribution is 2.07. The van der Waals surface area contributed by atoms with Gasteiger partial charge in [-0.25, -0.2) is 4.98 Å².